The van der Waals surface area contributed by atoms with Crippen LogP contribution in [0.4, 0.5) is 5.69 Å². The Morgan fingerprint density at radius 2 is 1.67 bits per heavy atom. The smallest absolute Gasteiger partial charge is 0.223 e. The molecule has 0 bridgehead atoms. The fourth-order valence-electron chi connectivity index (χ4n) is 4.03. The van der Waals surface area contributed by atoms with Gasteiger partial charge in [0.25, 0.3) is 0 Å². The minimum absolute atomic E-state index is 0.120. The molecule has 3 aromatic rings. The summed E-state index contributed by atoms with van der Waals surface area (Å²) in [5, 5.41) is 8.25. The number of piperazine rings is 1. The van der Waals surface area contributed by atoms with Gasteiger partial charge >= 0.3 is 0 Å². The second-order valence-electron chi connectivity index (χ2n) is 7.97. The zero-order valence-corrected chi connectivity index (χ0v) is 19.2. The van der Waals surface area contributed by atoms with Crippen LogP contribution in [-0.4, -0.2) is 61.4 Å². The molecular weight excluding hydrogens is 420 g/mol. The maximum atomic E-state index is 12.7. The maximum Gasteiger partial charge on any atom is 0.223 e. The van der Waals surface area contributed by atoms with Crippen LogP contribution in [0.2, 0.25) is 0 Å². The quantitative estimate of drug-likeness (QED) is 0.495. The van der Waals surface area contributed by atoms with Gasteiger partial charge in [-0.3, -0.25) is 4.79 Å². The molecule has 4 rings (SSSR count). The lowest BCUT2D eigenvalue weighted by molar-refractivity contribution is -0.131. The molecule has 1 amide bonds. The molecule has 1 fully saturated rings. The number of methoxy groups -OCH3 is 2. The van der Waals surface area contributed by atoms with Gasteiger partial charge in [-0.2, -0.15) is 0 Å². The lowest BCUT2D eigenvalue weighted by Gasteiger charge is -2.36. The summed E-state index contributed by atoms with van der Waals surface area (Å²) in [6.45, 7) is 2.99. The molecule has 0 N–H and O–H groups in total. The highest BCUT2D eigenvalue weighted by Crippen LogP contribution is 2.22. The second-order valence-corrected chi connectivity index (χ2v) is 7.97. The molecule has 174 valence electrons. The SMILES string of the molecule is COc1cccc(N2CCN(C(=O)CCc3nnc(CCc4ccccc4OC)o3)CC2)c1. The Labute approximate surface area is 194 Å². The first kappa shape index (κ1) is 22.6. The molecule has 1 aliphatic heterocycles. The van der Waals surface area contributed by atoms with Gasteiger partial charge in [0, 0.05) is 57.2 Å². The number of hydrogen-bond acceptors (Lipinski definition) is 7. The zero-order chi connectivity index (χ0) is 23.0. The van der Waals surface area contributed by atoms with Crippen molar-refractivity contribution in [3.05, 3.63) is 65.9 Å². The van der Waals surface area contributed by atoms with Crippen LogP contribution in [-0.2, 0) is 24.1 Å². The summed E-state index contributed by atoms with van der Waals surface area (Å²) in [4.78, 5) is 16.9. The first-order valence-corrected chi connectivity index (χ1v) is 11.3. The Balaban J connectivity index is 1.22. The fourth-order valence-corrected chi connectivity index (χ4v) is 4.03. The van der Waals surface area contributed by atoms with Crippen LogP contribution in [0.25, 0.3) is 0 Å². The Bertz CT molecular complexity index is 1060. The summed E-state index contributed by atoms with van der Waals surface area (Å²) in [5.41, 5.74) is 2.22. The zero-order valence-electron chi connectivity index (χ0n) is 19.2. The van der Waals surface area contributed by atoms with Crippen molar-refractivity contribution in [2.24, 2.45) is 0 Å². The molecule has 1 aliphatic rings. The van der Waals surface area contributed by atoms with Gasteiger partial charge in [0.1, 0.15) is 11.5 Å². The van der Waals surface area contributed by atoms with Gasteiger partial charge in [0.15, 0.2) is 0 Å². The van der Waals surface area contributed by atoms with Crippen LogP contribution in [0.3, 0.4) is 0 Å². The molecule has 0 saturated carbocycles. The number of benzene rings is 2. The number of aryl methyl sites for hydroxylation is 3. The van der Waals surface area contributed by atoms with Gasteiger partial charge in [0.05, 0.1) is 14.2 Å². The number of amides is 1. The number of rotatable bonds is 9. The molecule has 0 aliphatic carbocycles. The van der Waals surface area contributed by atoms with Crippen LogP contribution >= 0.6 is 0 Å². The average Bonchev–Trinajstić information content (AvgIpc) is 3.34. The van der Waals surface area contributed by atoms with Crippen molar-refractivity contribution in [3.63, 3.8) is 0 Å². The number of carbonyl (C=O) groups is 1. The van der Waals surface area contributed by atoms with Crippen LogP contribution < -0.4 is 14.4 Å². The predicted molar refractivity (Wildman–Crippen MR) is 125 cm³/mol. The Morgan fingerprint density at radius 1 is 0.909 bits per heavy atom. The van der Waals surface area contributed by atoms with E-state index in [2.05, 4.69) is 21.2 Å². The predicted octanol–water partition coefficient (Wildman–Crippen LogP) is 3.15. The molecule has 8 nitrogen and oxygen atoms in total. The van der Waals surface area contributed by atoms with E-state index in [-0.39, 0.29) is 5.91 Å². The lowest BCUT2D eigenvalue weighted by atomic mass is 10.1. The number of anilines is 1. The highest BCUT2D eigenvalue weighted by atomic mass is 16.5. The molecule has 0 radical (unpaired) electrons. The number of nitrogens with zero attached hydrogens (tertiary/aromatic N) is 4. The molecule has 1 aromatic heterocycles. The van der Waals surface area contributed by atoms with Crippen LogP contribution in [0, 0.1) is 0 Å². The van der Waals surface area contributed by atoms with E-state index in [0.29, 0.717) is 44.1 Å². The van der Waals surface area contributed by atoms with Crippen LogP contribution in [0.5, 0.6) is 11.5 Å². The Morgan fingerprint density at radius 3 is 2.42 bits per heavy atom. The Hall–Kier alpha value is -3.55. The second kappa shape index (κ2) is 10.8. The molecule has 0 spiro atoms. The van der Waals surface area contributed by atoms with Gasteiger partial charge in [-0.1, -0.05) is 24.3 Å². The topological polar surface area (TPSA) is 80.9 Å². The highest BCUT2D eigenvalue weighted by Gasteiger charge is 2.22. The van der Waals surface area contributed by atoms with Gasteiger partial charge < -0.3 is 23.7 Å². The molecule has 2 heterocycles. The Kier molecular flexibility index (Phi) is 7.44. The summed E-state index contributed by atoms with van der Waals surface area (Å²) >= 11 is 0. The minimum Gasteiger partial charge on any atom is -0.497 e. The first-order valence-electron chi connectivity index (χ1n) is 11.3. The molecule has 0 atom stereocenters. The largest absolute Gasteiger partial charge is 0.497 e. The third-order valence-corrected chi connectivity index (χ3v) is 5.91. The van der Waals surface area contributed by atoms with Crippen molar-refractivity contribution in [1.82, 2.24) is 15.1 Å². The van der Waals surface area contributed by atoms with Crippen molar-refractivity contribution in [1.29, 1.82) is 0 Å². The van der Waals surface area contributed by atoms with E-state index in [0.717, 1.165) is 42.3 Å². The summed E-state index contributed by atoms with van der Waals surface area (Å²) in [6, 6.07) is 15.9. The maximum absolute atomic E-state index is 12.7. The molecular formula is C25H30N4O4. The molecule has 1 saturated heterocycles. The number of hydrogen-bond donors (Lipinski definition) is 0. The standard InChI is InChI=1S/C25H30N4O4/c1-31-21-8-5-7-20(18-21)28-14-16-29(17-15-28)25(30)13-12-24-27-26-23(33-24)11-10-19-6-3-4-9-22(19)32-2/h3-9,18H,10-17H2,1-2H3. The number of ether oxygens (including phenoxy) is 2. The number of para-hydroxylation sites is 1. The normalized spacial score (nSPS) is 13.8. The van der Waals surface area contributed by atoms with E-state index in [1.54, 1.807) is 14.2 Å². The lowest BCUT2D eigenvalue weighted by Crippen LogP contribution is -2.48. The van der Waals surface area contributed by atoms with Crippen molar-refractivity contribution >= 4 is 11.6 Å². The third-order valence-electron chi connectivity index (χ3n) is 5.91. The van der Waals surface area contributed by atoms with E-state index in [1.165, 1.54) is 0 Å². The van der Waals surface area contributed by atoms with E-state index in [1.807, 2.05) is 47.4 Å². The van der Waals surface area contributed by atoms with Gasteiger partial charge in [0.2, 0.25) is 17.7 Å². The fraction of sp³-hybridized carbons (Fsp3) is 0.400. The van der Waals surface area contributed by atoms with Crippen molar-refractivity contribution in [3.8, 4) is 11.5 Å². The summed E-state index contributed by atoms with van der Waals surface area (Å²) in [6.07, 6.45) is 2.21. The molecule has 2 aromatic carbocycles. The van der Waals surface area contributed by atoms with Crippen LogP contribution in [0.15, 0.2) is 52.9 Å². The van der Waals surface area contributed by atoms with Gasteiger partial charge in [-0.25, -0.2) is 0 Å². The van der Waals surface area contributed by atoms with Crippen molar-refractivity contribution in [2.45, 2.75) is 25.7 Å². The highest BCUT2D eigenvalue weighted by molar-refractivity contribution is 5.76. The molecule has 0 unspecified atom stereocenters. The van der Waals surface area contributed by atoms with Crippen molar-refractivity contribution in [2.75, 3.05) is 45.3 Å². The first-order chi connectivity index (χ1) is 16.2. The van der Waals surface area contributed by atoms with Crippen LogP contribution in [0.1, 0.15) is 23.8 Å². The minimum atomic E-state index is 0.120. The monoisotopic (exact) mass is 450 g/mol. The number of carbonyl (C=O) groups excluding carboxylic acids is 1. The molecule has 33 heavy (non-hydrogen) atoms. The number of aromatic nitrogens is 2. The van der Waals surface area contributed by atoms with Gasteiger partial charge in [-0.05, 0) is 30.2 Å². The summed E-state index contributed by atoms with van der Waals surface area (Å²) < 4.78 is 16.5. The summed E-state index contributed by atoms with van der Waals surface area (Å²) in [5.74, 6) is 2.90. The van der Waals surface area contributed by atoms with E-state index < -0.39 is 0 Å². The third kappa shape index (κ3) is 5.83. The van der Waals surface area contributed by atoms with E-state index >= 15 is 0 Å². The summed E-state index contributed by atoms with van der Waals surface area (Å²) in [7, 11) is 3.34. The van der Waals surface area contributed by atoms with Crippen molar-refractivity contribution < 1.29 is 18.7 Å². The van der Waals surface area contributed by atoms with E-state index in [4.69, 9.17) is 13.9 Å². The van der Waals surface area contributed by atoms with E-state index in [9.17, 15) is 4.79 Å². The van der Waals surface area contributed by atoms with Gasteiger partial charge in [-0.15, -0.1) is 10.2 Å². The average molecular weight is 451 g/mol. The molecule has 8 heteroatoms.